The second-order valence-electron chi connectivity index (χ2n) is 6.38. The number of benzene rings is 1. The van der Waals surface area contributed by atoms with Gasteiger partial charge in [-0.25, -0.2) is 4.98 Å². The van der Waals surface area contributed by atoms with Crippen molar-refractivity contribution in [3.8, 4) is 5.88 Å². The Hall–Kier alpha value is -1.87. The Morgan fingerprint density at radius 3 is 2.90 bits per heavy atom. The summed E-state index contributed by atoms with van der Waals surface area (Å²) in [6, 6.07) is 13.1. The van der Waals surface area contributed by atoms with Crippen LogP contribution in [0, 0.1) is 5.41 Å². The molecule has 1 aliphatic carbocycles. The fraction of sp³-hybridized carbons (Fsp3) is 0.389. The van der Waals surface area contributed by atoms with Crippen LogP contribution in [0.2, 0.25) is 0 Å². The van der Waals surface area contributed by atoms with Crippen LogP contribution in [-0.2, 0) is 13.0 Å². The summed E-state index contributed by atoms with van der Waals surface area (Å²) in [5.41, 5.74) is 4.33. The van der Waals surface area contributed by atoms with Gasteiger partial charge in [-0.3, -0.25) is 0 Å². The molecule has 0 bridgehead atoms. The van der Waals surface area contributed by atoms with Crippen LogP contribution in [0.1, 0.15) is 36.6 Å². The first-order valence-electron chi connectivity index (χ1n) is 7.40. The molecule has 1 atom stereocenters. The standard InChI is InChI=1S/C18H22N2O/c1-18(2)11-14-6-4-5-7-15(14)17(18)20-12-13-8-9-19-16(10-13)21-3/h4-10,17,20H,11-12H2,1-3H3. The molecule has 0 radical (unpaired) electrons. The molecule has 110 valence electrons. The second-order valence-corrected chi connectivity index (χ2v) is 6.38. The van der Waals surface area contributed by atoms with Crippen LogP contribution in [0.3, 0.4) is 0 Å². The molecular weight excluding hydrogens is 260 g/mol. The van der Waals surface area contributed by atoms with Crippen molar-refractivity contribution in [2.24, 2.45) is 5.41 Å². The molecule has 0 saturated carbocycles. The van der Waals surface area contributed by atoms with Gasteiger partial charge in [0.25, 0.3) is 0 Å². The SMILES string of the molecule is COc1cc(CNC2c3ccccc3CC2(C)C)ccn1. The van der Waals surface area contributed by atoms with Crippen molar-refractivity contribution < 1.29 is 4.74 Å². The highest BCUT2D eigenvalue weighted by atomic mass is 16.5. The van der Waals surface area contributed by atoms with Crippen molar-refractivity contribution in [3.05, 3.63) is 59.3 Å². The Morgan fingerprint density at radius 2 is 2.10 bits per heavy atom. The molecule has 3 heteroatoms. The van der Waals surface area contributed by atoms with Crippen LogP contribution >= 0.6 is 0 Å². The quantitative estimate of drug-likeness (QED) is 0.932. The van der Waals surface area contributed by atoms with E-state index in [2.05, 4.69) is 48.4 Å². The Kier molecular flexibility index (Phi) is 3.68. The number of rotatable bonds is 4. The molecule has 0 amide bonds. The molecule has 3 rings (SSSR count). The summed E-state index contributed by atoms with van der Waals surface area (Å²) < 4.78 is 5.18. The molecule has 1 aromatic carbocycles. The topological polar surface area (TPSA) is 34.1 Å². The Morgan fingerprint density at radius 1 is 1.29 bits per heavy atom. The summed E-state index contributed by atoms with van der Waals surface area (Å²) in [6.45, 7) is 5.48. The lowest BCUT2D eigenvalue weighted by Gasteiger charge is -2.28. The monoisotopic (exact) mass is 282 g/mol. The molecular formula is C18H22N2O. The lowest BCUT2D eigenvalue weighted by atomic mass is 9.85. The van der Waals surface area contributed by atoms with Gasteiger partial charge in [0.2, 0.25) is 5.88 Å². The summed E-state index contributed by atoms with van der Waals surface area (Å²) >= 11 is 0. The maximum Gasteiger partial charge on any atom is 0.213 e. The average Bonchev–Trinajstić information content (AvgIpc) is 2.75. The van der Waals surface area contributed by atoms with Gasteiger partial charge in [0.1, 0.15) is 0 Å². The van der Waals surface area contributed by atoms with Crippen molar-refractivity contribution in [2.45, 2.75) is 32.9 Å². The smallest absolute Gasteiger partial charge is 0.213 e. The molecule has 1 aromatic heterocycles. The zero-order valence-corrected chi connectivity index (χ0v) is 12.9. The Bertz CT molecular complexity index is 637. The summed E-state index contributed by atoms with van der Waals surface area (Å²) in [5, 5.41) is 3.71. The highest BCUT2D eigenvalue weighted by molar-refractivity contribution is 5.37. The number of aromatic nitrogens is 1. The molecule has 1 aliphatic rings. The number of methoxy groups -OCH3 is 1. The fourth-order valence-corrected chi connectivity index (χ4v) is 3.27. The van der Waals surface area contributed by atoms with E-state index in [9.17, 15) is 0 Å². The third-order valence-electron chi connectivity index (χ3n) is 4.31. The predicted octanol–water partition coefficient (Wildman–Crippen LogP) is 3.50. The van der Waals surface area contributed by atoms with Gasteiger partial charge in [-0.15, -0.1) is 0 Å². The van der Waals surface area contributed by atoms with Gasteiger partial charge >= 0.3 is 0 Å². The van der Waals surface area contributed by atoms with Crippen molar-refractivity contribution in [1.82, 2.24) is 10.3 Å². The minimum absolute atomic E-state index is 0.237. The van der Waals surface area contributed by atoms with Crippen molar-refractivity contribution >= 4 is 0 Å². The van der Waals surface area contributed by atoms with E-state index in [1.807, 2.05) is 12.1 Å². The van der Waals surface area contributed by atoms with Gasteiger partial charge < -0.3 is 10.1 Å². The third-order valence-corrected chi connectivity index (χ3v) is 4.31. The van der Waals surface area contributed by atoms with E-state index >= 15 is 0 Å². The van der Waals surface area contributed by atoms with Crippen LogP contribution in [0.15, 0.2) is 42.6 Å². The molecule has 1 heterocycles. The van der Waals surface area contributed by atoms with E-state index < -0.39 is 0 Å². The van der Waals surface area contributed by atoms with E-state index in [4.69, 9.17) is 4.74 Å². The first kappa shape index (κ1) is 14.1. The fourth-order valence-electron chi connectivity index (χ4n) is 3.27. The normalized spacial score (nSPS) is 19.3. The van der Waals surface area contributed by atoms with Crippen molar-refractivity contribution in [3.63, 3.8) is 0 Å². The second kappa shape index (κ2) is 5.49. The largest absolute Gasteiger partial charge is 0.481 e. The highest BCUT2D eigenvalue weighted by Crippen LogP contribution is 2.45. The summed E-state index contributed by atoms with van der Waals surface area (Å²) in [4.78, 5) is 4.15. The first-order chi connectivity index (χ1) is 10.1. The lowest BCUT2D eigenvalue weighted by Crippen LogP contribution is -2.30. The third kappa shape index (κ3) is 2.79. The van der Waals surface area contributed by atoms with Gasteiger partial charge in [-0.2, -0.15) is 0 Å². The minimum Gasteiger partial charge on any atom is -0.481 e. The summed E-state index contributed by atoms with van der Waals surface area (Å²) in [5.74, 6) is 0.667. The van der Waals surface area contributed by atoms with Crippen molar-refractivity contribution in [1.29, 1.82) is 0 Å². The highest BCUT2D eigenvalue weighted by Gasteiger charge is 2.38. The maximum atomic E-state index is 5.18. The molecule has 1 unspecified atom stereocenters. The van der Waals surface area contributed by atoms with Crippen LogP contribution in [0.5, 0.6) is 5.88 Å². The average molecular weight is 282 g/mol. The van der Waals surface area contributed by atoms with Crippen molar-refractivity contribution in [2.75, 3.05) is 7.11 Å². The van der Waals surface area contributed by atoms with E-state index in [1.165, 1.54) is 16.7 Å². The number of nitrogens with one attached hydrogen (secondary N) is 1. The van der Waals surface area contributed by atoms with E-state index in [0.29, 0.717) is 11.9 Å². The molecule has 0 aliphatic heterocycles. The van der Waals surface area contributed by atoms with Gasteiger partial charge in [-0.05, 0) is 34.6 Å². The van der Waals surface area contributed by atoms with Crippen LogP contribution in [0.25, 0.3) is 0 Å². The first-order valence-corrected chi connectivity index (χ1v) is 7.40. The molecule has 0 fully saturated rings. The van der Waals surface area contributed by atoms with Gasteiger partial charge in [0.05, 0.1) is 7.11 Å². The number of hydrogen-bond donors (Lipinski definition) is 1. The lowest BCUT2D eigenvalue weighted by molar-refractivity contribution is 0.268. The molecule has 2 aromatic rings. The molecule has 21 heavy (non-hydrogen) atoms. The van der Waals surface area contributed by atoms with Gasteiger partial charge in [0.15, 0.2) is 0 Å². The zero-order chi connectivity index (χ0) is 14.9. The maximum absolute atomic E-state index is 5.18. The summed E-state index contributed by atoms with van der Waals surface area (Å²) in [6.07, 6.45) is 2.92. The Balaban J connectivity index is 1.77. The Labute approximate surface area is 126 Å². The van der Waals surface area contributed by atoms with Crippen LogP contribution in [0.4, 0.5) is 0 Å². The van der Waals surface area contributed by atoms with E-state index in [-0.39, 0.29) is 5.41 Å². The van der Waals surface area contributed by atoms with Crippen LogP contribution < -0.4 is 10.1 Å². The summed E-state index contributed by atoms with van der Waals surface area (Å²) in [7, 11) is 1.65. The number of pyridine rings is 1. The zero-order valence-electron chi connectivity index (χ0n) is 12.9. The van der Waals surface area contributed by atoms with E-state index in [1.54, 1.807) is 13.3 Å². The van der Waals surface area contributed by atoms with Gasteiger partial charge in [-0.1, -0.05) is 38.1 Å². The number of fused-ring (bicyclic) bond motifs is 1. The molecule has 3 nitrogen and oxygen atoms in total. The number of nitrogens with zero attached hydrogens (tertiary/aromatic N) is 1. The molecule has 0 saturated heterocycles. The van der Waals surface area contributed by atoms with Crippen LogP contribution in [-0.4, -0.2) is 12.1 Å². The number of ether oxygens (including phenoxy) is 1. The molecule has 0 spiro atoms. The number of hydrogen-bond acceptors (Lipinski definition) is 3. The minimum atomic E-state index is 0.237. The van der Waals surface area contributed by atoms with E-state index in [0.717, 1.165) is 13.0 Å². The van der Waals surface area contributed by atoms with Gasteiger partial charge in [0, 0.05) is 24.8 Å². The molecule has 1 N–H and O–H groups in total. The predicted molar refractivity (Wildman–Crippen MR) is 84.3 cm³/mol.